The van der Waals surface area contributed by atoms with E-state index in [-0.39, 0.29) is 18.0 Å². The molecule has 0 aliphatic heterocycles. The van der Waals surface area contributed by atoms with Gasteiger partial charge < -0.3 is 10.0 Å². The highest BCUT2D eigenvalue weighted by atomic mass is 19.4. The maximum atomic E-state index is 12.7. The molecule has 0 aliphatic carbocycles. The lowest BCUT2D eigenvalue weighted by atomic mass is 10.0. The van der Waals surface area contributed by atoms with E-state index in [1.54, 1.807) is 24.1 Å². The lowest BCUT2D eigenvalue weighted by Crippen LogP contribution is -2.37. The molecule has 0 radical (unpaired) electrons. The first-order chi connectivity index (χ1) is 12.1. The first-order valence-electron chi connectivity index (χ1n) is 8.19. The minimum atomic E-state index is -4.46. The molecular formula is C18H22F3N3O2. The van der Waals surface area contributed by atoms with Crippen molar-refractivity contribution in [2.75, 3.05) is 6.54 Å². The average molecular weight is 369 g/mol. The van der Waals surface area contributed by atoms with E-state index in [1.807, 2.05) is 13.8 Å². The minimum Gasteiger partial charge on any atom is -0.378 e. The summed E-state index contributed by atoms with van der Waals surface area (Å²) in [5.41, 5.74) is 0.111. The van der Waals surface area contributed by atoms with Gasteiger partial charge in [-0.05, 0) is 23.6 Å². The van der Waals surface area contributed by atoms with E-state index in [0.717, 1.165) is 29.8 Å². The number of hydrogen-bond donors (Lipinski definition) is 1. The number of benzene rings is 1. The molecule has 2 rings (SSSR count). The van der Waals surface area contributed by atoms with Gasteiger partial charge >= 0.3 is 6.18 Å². The zero-order valence-corrected chi connectivity index (χ0v) is 14.9. The number of halogens is 3. The number of amides is 1. The number of alkyl halides is 3. The summed E-state index contributed by atoms with van der Waals surface area (Å²) in [5.74, 6) is -0.391. The Morgan fingerprint density at radius 3 is 2.35 bits per heavy atom. The fraction of sp³-hybridized carbons (Fsp3) is 0.444. The van der Waals surface area contributed by atoms with Crippen molar-refractivity contribution in [1.82, 2.24) is 14.7 Å². The number of carbonyl (C=O) groups excluding carboxylic acids is 1. The van der Waals surface area contributed by atoms with Crippen molar-refractivity contribution < 1.29 is 23.1 Å². The fourth-order valence-corrected chi connectivity index (χ4v) is 2.62. The molecule has 1 aromatic heterocycles. The number of aliphatic hydroxyl groups excluding tert-OH is 1. The number of rotatable bonds is 6. The van der Waals surface area contributed by atoms with Gasteiger partial charge in [-0.3, -0.25) is 9.48 Å². The van der Waals surface area contributed by atoms with E-state index >= 15 is 0 Å². The van der Waals surface area contributed by atoms with Gasteiger partial charge in [-0.25, -0.2) is 0 Å². The second kappa shape index (κ2) is 7.90. The first kappa shape index (κ1) is 20.0. The third-order valence-corrected chi connectivity index (χ3v) is 3.82. The van der Waals surface area contributed by atoms with Crippen LogP contribution in [0.15, 0.2) is 36.7 Å². The van der Waals surface area contributed by atoms with Crippen LogP contribution >= 0.6 is 0 Å². The molecule has 1 atom stereocenters. The molecule has 0 fully saturated rings. The van der Waals surface area contributed by atoms with Crippen molar-refractivity contribution in [3.8, 4) is 0 Å². The van der Waals surface area contributed by atoms with Crippen LogP contribution in [0.3, 0.4) is 0 Å². The molecule has 142 valence electrons. The van der Waals surface area contributed by atoms with Crippen LogP contribution in [0.1, 0.15) is 36.6 Å². The molecule has 1 N–H and O–H groups in total. The lowest BCUT2D eigenvalue weighted by Gasteiger charge is -2.26. The summed E-state index contributed by atoms with van der Waals surface area (Å²) in [6.07, 6.45) is -2.58. The third kappa shape index (κ3) is 5.08. The van der Waals surface area contributed by atoms with Gasteiger partial charge in [-0.1, -0.05) is 26.0 Å². The number of aliphatic hydroxyl groups is 1. The fourth-order valence-electron chi connectivity index (χ4n) is 2.62. The Labute approximate surface area is 150 Å². The number of nitrogens with zero attached hydrogens (tertiary/aromatic N) is 3. The van der Waals surface area contributed by atoms with Crippen LogP contribution in [0.4, 0.5) is 13.2 Å². The van der Waals surface area contributed by atoms with Gasteiger partial charge in [0.25, 0.3) is 5.91 Å². The topological polar surface area (TPSA) is 58.4 Å². The number of carbonyl (C=O) groups is 1. The normalized spacial score (nSPS) is 13.1. The zero-order valence-electron chi connectivity index (χ0n) is 14.9. The molecule has 0 aliphatic rings. The van der Waals surface area contributed by atoms with Crippen molar-refractivity contribution in [2.45, 2.75) is 32.7 Å². The van der Waals surface area contributed by atoms with Crippen LogP contribution in [0.25, 0.3) is 0 Å². The molecule has 1 unspecified atom stereocenters. The maximum absolute atomic E-state index is 12.7. The summed E-state index contributed by atoms with van der Waals surface area (Å²) >= 11 is 0. The Bertz CT molecular complexity index is 739. The van der Waals surface area contributed by atoms with Crippen molar-refractivity contribution in [3.05, 3.63) is 53.3 Å². The van der Waals surface area contributed by atoms with E-state index in [9.17, 15) is 23.1 Å². The van der Waals surface area contributed by atoms with Gasteiger partial charge in [0.05, 0.1) is 11.8 Å². The van der Waals surface area contributed by atoms with Gasteiger partial charge in [-0.15, -0.1) is 0 Å². The van der Waals surface area contributed by atoms with Crippen LogP contribution < -0.4 is 0 Å². The summed E-state index contributed by atoms with van der Waals surface area (Å²) in [4.78, 5) is 14.2. The van der Waals surface area contributed by atoms with Crippen molar-refractivity contribution in [1.29, 1.82) is 0 Å². The average Bonchev–Trinajstić information content (AvgIpc) is 2.97. The van der Waals surface area contributed by atoms with E-state index in [4.69, 9.17) is 0 Å². The van der Waals surface area contributed by atoms with Gasteiger partial charge in [0, 0.05) is 31.9 Å². The predicted octanol–water partition coefficient (Wildman–Crippen LogP) is 3.16. The lowest BCUT2D eigenvalue weighted by molar-refractivity contribution is -0.141. The van der Waals surface area contributed by atoms with Crippen LogP contribution in [0, 0.1) is 5.92 Å². The molecule has 1 heterocycles. The summed E-state index contributed by atoms with van der Waals surface area (Å²) in [6, 6.07) is 3.98. The van der Waals surface area contributed by atoms with Crippen molar-refractivity contribution in [3.63, 3.8) is 0 Å². The monoisotopic (exact) mass is 369 g/mol. The highest BCUT2D eigenvalue weighted by Gasteiger charge is 2.31. The van der Waals surface area contributed by atoms with Crippen LogP contribution in [-0.2, 0) is 24.6 Å². The smallest absolute Gasteiger partial charge is 0.378 e. The Hall–Kier alpha value is -2.35. The van der Waals surface area contributed by atoms with Gasteiger partial charge in [0.1, 0.15) is 0 Å². The van der Waals surface area contributed by atoms with Gasteiger partial charge in [0.2, 0.25) is 0 Å². The van der Waals surface area contributed by atoms with Gasteiger partial charge in [-0.2, -0.15) is 18.3 Å². The third-order valence-electron chi connectivity index (χ3n) is 3.82. The van der Waals surface area contributed by atoms with E-state index in [2.05, 4.69) is 5.10 Å². The standard InChI is InChI=1S/C18H22F3N3O2/c1-12(2)9-24(11-13-8-22-23(3)10-13)17(26)16(25)14-4-6-15(7-5-14)18(19,20)21/h4-8,10,12,16,25H,9,11H2,1-3H3. The predicted molar refractivity (Wildman–Crippen MR) is 89.9 cm³/mol. The molecule has 26 heavy (non-hydrogen) atoms. The quantitative estimate of drug-likeness (QED) is 0.851. The van der Waals surface area contributed by atoms with Crippen LogP contribution in [0.2, 0.25) is 0 Å². The van der Waals surface area contributed by atoms with E-state index < -0.39 is 23.8 Å². The minimum absolute atomic E-state index is 0.128. The Morgan fingerprint density at radius 1 is 1.27 bits per heavy atom. The molecule has 2 aromatic rings. The Balaban J connectivity index is 2.17. The molecule has 0 bridgehead atoms. The van der Waals surface area contributed by atoms with E-state index in [0.29, 0.717) is 6.54 Å². The maximum Gasteiger partial charge on any atom is 0.416 e. The highest BCUT2D eigenvalue weighted by Crippen LogP contribution is 2.30. The second-order valence-corrected chi connectivity index (χ2v) is 6.66. The molecule has 5 nitrogen and oxygen atoms in total. The van der Waals surface area contributed by atoms with Crippen molar-refractivity contribution in [2.24, 2.45) is 13.0 Å². The summed E-state index contributed by atoms with van der Waals surface area (Å²) in [7, 11) is 1.76. The molecule has 8 heteroatoms. The second-order valence-electron chi connectivity index (χ2n) is 6.66. The Morgan fingerprint density at radius 2 is 1.88 bits per heavy atom. The van der Waals surface area contributed by atoms with Crippen LogP contribution in [-0.4, -0.2) is 32.2 Å². The largest absolute Gasteiger partial charge is 0.416 e. The molecular weight excluding hydrogens is 347 g/mol. The van der Waals surface area contributed by atoms with Gasteiger partial charge in [0.15, 0.2) is 6.10 Å². The van der Waals surface area contributed by atoms with E-state index in [1.165, 1.54) is 4.90 Å². The molecule has 0 saturated carbocycles. The highest BCUT2D eigenvalue weighted by molar-refractivity contribution is 5.82. The zero-order chi connectivity index (χ0) is 19.5. The Kier molecular flexibility index (Phi) is 6.07. The van der Waals surface area contributed by atoms with Crippen molar-refractivity contribution >= 4 is 5.91 Å². The number of hydrogen-bond acceptors (Lipinski definition) is 3. The first-order valence-corrected chi connectivity index (χ1v) is 8.19. The molecule has 1 aromatic carbocycles. The summed E-state index contributed by atoms with van der Waals surface area (Å²) in [6.45, 7) is 4.55. The van der Waals surface area contributed by atoms with Crippen LogP contribution in [0.5, 0.6) is 0 Å². The summed E-state index contributed by atoms with van der Waals surface area (Å²) in [5, 5.41) is 14.4. The summed E-state index contributed by atoms with van der Waals surface area (Å²) < 4.78 is 39.6. The molecule has 0 spiro atoms. The number of aromatic nitrogens is 2. The molecule has 1 amide bonds. The molecule has 0 saturated heterocycles. The SMILES string of the molecule is CC(C)CN(Cc1cnn(C)c1)C(=O)C(O)c1ccc(C(F)(F)F)cc1. The number of aryl methyl sites for hydroxylation is 1.